The number of imidazole rings is 1. The van der Waals surface area contributed by atoms with Crippen LogP contribution < -0.4 is 26.6 Å². The van der Waals surface area contributed by atoms with Crippen molar-refractivity contribution in [3.8, 4) is 11.8 Å². The van der Waals surface area contributed by atoms with Gasteiger partial charge < -0.3 is 30.8 Å². The first-order valence-corrected chi connectivity index (χ1v) is 13.0. The Labute approximate surface area is 212 Å². The summed E-state index contributed by atoms with van der Waals surface area (Å²) in [7, 11) is 1.66. The Balaban J connectivity index is 1.47. The van der Waals surface area contributed by atoms with Crippen LogP contribution in [0.25, 0.3) is 11.2 Å². The van der Waals surface area contributed by atoms with E-state index >= 15 is 0 Å². The third-order valence-corrected chi connectivity index (χ3v) is 7.04. The van der Waals surface area contributed by atoms with E-state index in [2.05, 4.69) is 38.9 Å². The molecule has 1 aliphatic heterocycles. The number of aromatic nitrogens is 4. The van der Waals surface area contributed by atoms with Crippen LogP contribution in [0.4, 0.5) is 5.82 Å². The quantitative estimate of drug-likeness (QED) is 0.325. The highest BCUT2D eigenvalue weighted by Gasteiger charge is 2.19. The van der Waals surface area contributed by atoms with Gasteiger partial charge in [0.2, 0.25) is 0 Å². The maximum Gasteiger partial charge on any atom is 0.328 e. The summed E-state index contributed by atoms with van der Waals surface area (Å²) >= 11 is 0. The molecule has 0 saturated carbocycles. The van der Waals surface area contributed by atoms with Crippen molar-refractivity contribution in [1.82, 2.24) is 24.4 Å². The second-order valence-electron chi connectivity index (χ2n) is 9.57. The third kappa shape index (κ3) is 6.17. The van der Waals surface area contributed by atoms with Crippen LogP contribution in [0.2, 0.25) is 0 Å². The lowest BCUT2D eigenvalue weighted by Crippen LogP contribution is -2.35. The van der Waals surface area contributed by atoms with Crippen LogP contribution in [0.15, 0.2) is 23.0 Å². The van der Waals surface area contributed by atoms with Gasteiger partial charge in [0.25, 0.3) is 0 Å². The predicted octanol–water partition coefficient (Wildman–Crippen LogP) is 2.54. The molecule has 0 atom stereocenters. The van der Waals surface area contributed by atoms with Crippen molar-refractivity contribution >= 4 is 17.0 Å². The predicted molar refractivity (Wildman–Crippen MR) is 142 cm³/mol. The number of nitrogens with one attached hydrogen (secondary N) is 1. The molecule has 2 aromatic heterocycles. The van der Waals surface area contributed by atoms with Crippen molar-refractivity contribution in [1.29, 1.82) is 0 Å². The number of rotatable bonds is 12. The summed E-state index contributed by atoms with van der Waals surface area (Å²) in [5.41, 5.74) is 14.4. The van der Waals surface area contributed by atoms with Gasteiger partial charge in [0, 0.05) is 12.1 Å². The molecule has 10 nitrogen and oxygen atoms in total. The van der Waals surface area contributed by atoms with E-state index in [0.29, 0.717) is 24.3 Å². The number of anilines is 1. The highest BCUT2D eigenvalue weighted by Crippen LogP contribution is 2.25. The zero-order chi connectivity index (χ0) is 25.5. The molecule has 196 valence electrons. The molecule has 0 spiro atoms. The number of piperidine rings is 1. The fourth-order valence-electron chi connectivity index (χ4n) is 4.82. The van der Waals surface area contributed by atoms with Gasteiger partial charge in [-0.2, -0.15) is 9.97 Å². The van der Waals surface area contributed by atoms with Crippen molar-refractivity contribution in [3.63, 3.8) is 0 Å². The number of hydrogen-bond donors (Lipinski definition) is 3. The number of unbranched alkanes of at least 4 members (excludes halogenated alkanes) is 1. The molecule has 1 aromatic carbocycles. The fraction of sp³-hybridized carbons (Fsp3) is 0.577. The molecule has 36 heavy (non-hydrogen) atoms. The minimum Gasteiger partial charge on any atom is -0.496 e. The number of methoxy groups -OCH3 is 1. The molecule has 3 aromatic rings. The molecule has 0 unspecified atom stereocenters. The minimum atomic E-state index is -0.305. The second-order valence-corrected chi connectivity index (χ2v) is 9.57. The van der Waals surface area contributed by atoms with Crippen molar-refractivity contribution < 1.29 is 9.47 Å². The lowest BCUT2D eigenvalue weighted by Gasteiger charge is -2.31. The van der Waals surface area contributed by atoms with Gasteiger partial charge in [-0.15, -0.1) is 0 Å². The van der Waals surface area contributed by atoms with Gasteiger partial charge in [-0.05, 0) is 69.3 Å². The number of likely N-dealkylation sites (tertiary alicyclic amines) is 1. The first kappa shape index (κ1) is 26.0. The maximum absolute atomic E-state index is 12.8. The molecule has 0 radical (unpaired) electrons. The zero-order valence-corrected chi connectivity index (χ0v) is 21.5. The van der Waals surface area contributed by atoms with Crippen LogP contribution >= 0.6 is 0 Å². The Kier molecular flexibility index (Phi) is 8.82. The summed E-state index contributed by atoms with van der Waals surface area (Å²) in [5.74, 6) is 1.71. The van der Waals surface area contributed by atoms with E-state index in [9.17, 15) is 4.79 Å². The maximum atomic E-state index is 12.8. The first-order valence-electron chi connectivity index (χ1n) is 13.0. The molecule has 1 aliphatic rings. The van der Waals surface area contributed by atoms with Crippen molar-refractivity contribution in [3.05, 3.63) is 39.8 Å². The van der Waals surface area contributed by atoms with Crippen molar-refractivity contribution in [2.75, 3.05) is 45.6 Å². The number of ether oxygens (including phenoxy) is 2. The van der Waals surface area contributed by atoms with Gasteiger partial charge in [0.1, 0.15) is 11.3 Å². The van der Waals surface area contributed by atoms with Crippen LogP contribution in [-0.4, -0.2) is 64.3 Å². The molecule has 1 saturated heterocycles. The van der Waals surface area contributed by atoms with E-state index in [-0.39, 0.29) is 17.5 Å². The van der Waals surface area contributed by atoms with Gasteiger partial charge in [-0.25, -0.2) is 4.79 Å². The van der Waals surface area contributed by atoms with Crippen LogP contribution in [0.1, 0.15) is 50.2 Å². The number of hydrogen-bond acceptors (Lipinski definition) is 8. The molecule has 1 fully saturated rings. The number of fused-ring (bicyclic) bond motifs is 1. The smallest absolute Gasteiger partial charge is 0.328 e. The average Bonchev–Trinajstić information content (AvgIpc) is 3.20. The van der Waals surface area contributed by atoms with Crippen LogP contribution in [0.5, 0.6) is 11.8 Å². The summed E-state index contributed by atoms with van der Waals surface area (Å²) < 4.78 is 12.9. The molecule has 0 amide bonds. The highest BCUT2D eigenvalue weighted by molar-refractivity contribution is 5.82. The van der Waals surface area contributed by atoms with E-state index in [4.69, 9.17) is 20.9 Å². The van der Waals surface area contributed by atoms with Gasteiger partial charge in [-0.1, -0.05) is 25.5 Å². The topological polar surface area (TPSA) is 137 Å². The average molecular weight is 498 g/mol. The Bertz CT molecular complexity index is 1200. The second kappa shape index (κ2) is 12.2. The molecule has 3 heterocycles. The summed E-state index contributed by atoms with van der Waals surface area (Å²) in [6.45, 7) is 6.96. The zero-order valence-electron chi connectivity index (χ0n) is 21.5. The summed E-state index contributed by atoms with van der Waals surface area (Å²) in [6, 6.07) is 6.38. The molecule has 4 rings (SSSR count). The third-order valence-electron chi connectivity index (χ3n) is 7.04. The van der Waals surface area contributed by atoms with E-state index < -0.39 is 0 Å². The normalized spacial score (nSPS) is 15.0. The lowest BCUT2D eigenvalue weighted by atomic mass is 9.93. The van der Waals surface area contributed by atoms with Gasteiger partial charge in [0.05, 0.1) is 20.3 Å². The van der Waals surface area contributed by atoms with Gasteiger partial charge in [-0.3, -0.25) is 4.57 Å². The number of benzene rings is 1. The Morgan fingerprint density at radius 1 is 1.22 bits per heavy atom. The Morgan fingerprint density at radius 2 is 2.03 bits per heavy atom. The molecule has 5 N–H and O–H groups in total. The molecular formula is C26H39N7O3. The standard InChI is InChI=1S/C26H39N7O3/c1-3-4-15-36-25-30-23(28)22-24(31-25)33(26(34)29-22)17-20-6-5-19(16-21(20)35-2)10-14-32-12-8-18(7-11-27)9-13-32/h5-6,16,18H,3-4,7-15,17,27H2,1-2H3,(H,29,34)(H2,28,30,31). The first-order chi connectivity index (χ1) is 17.5. The SMILES string of the molecule is CCCCOc1nc(N)c2[nH]c(=O)n(Cc3ccc(CCN4CCC(CCN)CC4)cc3OC)c2n1. The van der Waals surface area contributed by atoms with Crippen LogP contribution in [0.3, 0.4) is 0 Å². The summed E-state index contributed by atoms with van der Waals surface area (Å²) in [6.07, 6.45) is 6.44. The van der Waals surface area contributed by atoms with Crippen LogP contribution in [-0.2, 0) is 13.0 Å². The summed E-state index contributed by atoms with van der Waals surface area (Å²) in [5, 5.41) is 0. The molecule has 0 aliphatic carbocycles. The molecule has 10 heteroatoms. The van der Waals surface area contributed by atoms with E-state index in [1.54, 1.807) is 11.7 Å². The fourth-order valence-corrected chi connectivity index (χ4v) is 4.82. The molecular weight excluding hydrogens is 458 g/mol. The summed E-state index contributed by atoms with van der Waals surface area (Å²) in [4.78, 5) is 26.7. The van der Waals surface area contributed by atoms with Crippen molar-refractivity contribution in [2.45, 2.75) is 52.0 Å². The van der Waals surface area contributed by atoms with Gasteiger partial charge in [0.15, 0.2) is 11.5 Å². The van der Waals surface area contributed by atoms with Gasteiger partial charge >= 0.3 is 11.7 Å². The minimum absolute atomic E-state index is 0.176. The highest BCUT2D eigenvalue weighted by atomic mass is 16.5. The Hall–Kier alpha value is -3.11. The largest absolute Gasteiger partial charge is 0.496 e. The van der Waals surface area contributed by atoms with Crippen molar-refractivity contribution in [2.24, 2.45) is 11.7 Å². The van der Waals surface area contributed by atoms with E-state index in [1.165, 1.54) is 18.4 Å². The number of aromatic amines is 1. The molecule has 0 bridgehead atoms. The van der Waals surface area contributed by atoms with E-state index in [0.717, 1.165) is 69.1 Å². The Morgan fingerprint density at radius 3 is 2.75 bits per heavy atom. The van der Waals surface area contributed by atoms with Crippen LogP contribution in [0, 0.1) is 5.92 Å². The number of nitrogens with two attached hydrogens (primary N) is 2. The lowest BCUT2D eigenvalue weighted by molar-refractivity contribution is 0.182. The van der Waals surface area contributed by atoms with E-state index in [1.807, 2.05) is 6.07 Å². The number of nitrogens with zero attached hydrogens (tertiary/aromatic N) is 4. The number of nitrogen functional groups attached to an aromatic ring is 1. The number of H-pyrrole nitrogens is 1. The monoisotopic (exact) mass is 497 g/mol.